The number of ether oxygens (including phenoxy) is 1. The Labute approximate surface area is 109 Å². The van der Waals surface area contributed by atoms with Crippen molar-refractivity contribution < 1.29 is 38.0 Å². The summed E-state index contributed by atoms with van der Waals surface area (Å²) in [7, 11) is 6.26. The van der Waals surface area contributed by atoms with E-state index >= 15 is 0 Å². The molecule has 0 fully saturated rings. The number of nitrogens with zero attached hydrogens (tertiary/aromatic N) is 1. The fourth-order valence-electron chi connectivity index (χ4n) is 1.54. The van der Waals surface area contributed by atoms with Gasteiger partial charge in [-0.15, -0.1) is 0 Å². The molecule has 0 saturated heterocycles. The minimum atomic E-state index is -0.207. The highest BCUT2D eigenvalue weighted by atomic mass is 127. The van der Waals surface area contributed by atoms with Gasteiger partial charge in [0.25, 0.3) is 0 Å². The second-order valence-electron chi connectivity index (χ2n) is 4.86. The van der Waals surface area contributed by atoms with E-state index < -0.39 is 0 Å². The Morgan fingerprint density at radius 1 is 1.40 bits per heavy atom. The molecule has 1 atom stereocenters. The predicted octanol–water partition coefficient (Wildman–Crippen LogP) is -1.65. The number of rotatable bonds is 4. The van der Waals surface area contributed by atoms with Gasteiger partial charge in [-0.05, 0) is 6.42 Å². The van der Waals surface area contributed by atoms with Gasteiger partial charge >= 0.3 is 0 Å². The predicted molar refractivity (Wildman–Crippen MR) is 55.8 cm³/mol. The van der Waals surface area contributed by atoms with Gasteiger partial charge in [-0.25, -0.2) is 0 Å². The van der Waals surface area contributed by atoms with Crippen LogP contribution in [0.5, 0.6) is 0 Å². The van der Waals surface area contributed by atoms with Gasteiger partial charge in [0.2, 0.25) is 0 Å². The van der Waals surface area contributed by atoms with Gasteiger partial charge in [0.1, 0.15) is 6.54 Å². The Morgan fingerprint density at radius 2 is 2.00 bits per heavy atom. The van der Waals surface area contributed by atoms with Crippen molar-refractivity contribution in [1.82, 2.24) is 0 Å². The van der Waals surface area contributed by atoms with E-state index in [1.165, 1.54) is 0 Å². The van der Waals surface area contributed by atoms with Crippen molar-refractivity contribution in [3.05, 3.63) is 11.8 Å². The molecular weight excluding hydrogens is 305 g/mol. The summed E-state index contributed by atoms with van der Waals surface area (Å²) in [6, 6.07) is 0. The molecule has 0 aromatic heterocycles. The number of ketones is 1. The van der Waals surface area contributed by atoms with Crippen molar-refractivity contribution in [3.8, 4) is 0 Å². The molecule has 1 rings (SSSR count). The first kappa shape index (κ1) is 14.9. The first-order chi connectivity index (χ1) is 6.42. The van der Waals surface area contributed by atoms with Crippen LogP contribution in [0.1, 0.15) is 19.8 Å². The molecule has 0 amide bonds. The summed E-state index contributed by atoms with van der Waals surface area (Å²) < 4.78 is 6.38. The van der Waals surface area contributed by atoms with Crippen LogP contribution >= 0.6 is 0 Å². The lowest BCUT2D eigenvalue weighted by Crippen LogP contribution is -3.00. The standard InChI is InChI=1S/C11H20NO2.HI/c1-5-6-11-10(13)7-9(14-11)8-12(2,3)4;/h7,11H,5-6,8H2,1-4H3;1H/q+1;/p-1. The van der Waals surface area contributed by atoms with Crippen molar-refractivity contribution in [1.29, 1.82) is 0 Å². The van der Waals surface area contributed by atoms with Gasteiger partial charge in [0, 0.05) is 6.08 Å². The highest BCUT2D eigenvalue weighted by Crippen LogP contribution is 2.19. The first-order valence-corrected chi connectivity index (χ1v) is 5.14. The monoisotopic (exact) mass is 325 g/mol. The van der Waals surface area contributed by atoms with Gasteiger partial charge in [-0.2, -0.15) is 0 Å². The number of hydrogen-bond acceptors (Lipinski definition) is 2. The number of halogens is 1. The van der Waals surface area contributed by atoms with E-state index in [4.69, 9.17) is 4.74 Å². The average molecular weight is 325 g/mol. The molecule has 3 nitrogen and oxygen atoms in total. The maximum absolute atomic E-state index is 11.5. The SMILES string of the molecule is CCCC1OC(C[N+](C)(C)C)=CC1=O.[I-]. The van der Waals surface area contributed by atoms with Crippen LogP contribution in [0.25, 0.3) is 0 Å². The van der Waals surface area contributed by atoms with E-state index in [1.807, 2.05) is 0 Å². The Hall–Kier alpha value is -0.100. The summed E-state index contributed by atoms with van der Waals surface area (Å²) in [6.07, 6.45) is 3.27. The van der Waals surface area contributed by atoms with Crippen LogP contribution in [0.4, 0.5) is 0 Å². The summed E-state index contributed by atoms with van der Waals surface area (Å²) in [4.78, 5) is 11.5. The van der Waals surface area contributed by atoms with Crippen molar-refractivity contribution in [2.75, 3.05) is 27.7 Å². The maximum Gasteiger partial charge on any atom is 0.199 e. The number of carbonyl (C=O) groups is 1. The first-order valence-electron chi connectivity index (χ1n) is 5.14. The molecular formula is C11H20INO2. The molecule has 0 saturated carbocycles. The third-order valence-electron chi connectivity index (χ3n) is 2.10. The minimum Gasteiger partial charge on any atom is -1.00 e. The van der Waals surface area contributed by atoms with Gasteiger partial charge in [-0.3, -0.25) is 4.79 Å². The average Bonchev–Trinajstić information content (AvgIpc) is 2.28. The zero-order chi connectivity index (χ0) is 10.8. The molecule has 0 aliphatic carbocycles. The topological polar surface area (TPSA) is 26.3 Å². The molecule has 0 spiro atoms. The molecule has 0 N–H and O–H groups in total. The molecule has 1 aliphatic rings. The van der Waals surface area contributed by atoms with Gasteiger partial charge in [0.15, 0.2) is 17.6 Å². The number of carbonyl (C=O) groups excluding carboxylic acids is 1. The normalized spacial score (nSPS) is 20.7. The Morgan fingerprint density at radius 3 is 2.47 bits per heavy atom. The molecule has 0 bridgehead atoms. The van der Waals surface area contributed by atoms with Crippen molar-refractivity contribution in [2.24, 2.45) is 0 Å². The molecule has 88 valence electrons. The van der Waals surface area contributed by atoms with Gasteiger partial charge in [0.05, 0.1) is 21.1 Å². The van der Waals surface area contributed by atoms with Crippen LogP contribution < -0.4 is 24.0 Å². The van der Waals surface area contributed by atoms with E-state index in [0.29, 0.717) is 0 Å². The fraction of sp³-hybridized carbons (Fsp3) is 0.727. The second kappa shape index (κ2) is 5.84. The molecule has 0 aromatic carbocycles. The van der Waals surface area contributed by atoms with E-state index in [9.17, 15) is 4.79 Å². The van der Waals surface area contributed by atoms with E-state index in [1.54, 1.807) is 6.08 Å². The molecule has 0 radical (unpaired) electrons. The van der Waals surface area contributed by atoms with Crippen molar-refractivity contribution in [2.45, 2.75) is 25.9 Å². The third-order valence-corrected chi connectivity index (χ3v) is 2.10. The molecule has 1 heterocycles. The summed E-state index contributed by atoms with van der Waals surface area (Å²) >= 11 is 0. The van der Waals surface area contributed by atoms with Gasteiger partial charge < -0.3 is 33.2 Å². The molecule has 15 heavy (non-hydrogen) atoms. The lowest BCUT2D eigenvalue weighted by Gasteiger charge is -2.24. The molecule has 1 aliphatic heterocycles. The third kappa shape index (κ3) is 4.97. The summed E-state index contributed by atoms with van der Waals surface area (Å²) in [6.45, 7) is 2.85. The maximum atomic E-state index is 11.5. The summed E-state index contributed by atoms with van der Waals surface area (Å²) in [5.41, 5.74) is 0. The molecule has 1 unspecified atom stereocenters. The quantitative estimate of drug-likeness (QED) is 0.457. The van der Waals surface area contributed by atoms with E-state index in [0.717, 1.165) is 29.6 Å². The summed E-state index contributed by atoms with van der Waals surface area (Å²) in [5.74, 6) is 0.969. The van der Waals surface area contributed by atoms with E-state index in [-0.39, 0.29) is 35.9 Å². The molecule has 0 aromatic rings. The fourth-order valence-corrected chi connectivity index (χ4v) is 1.54. The number of likely N-dealkylation sites (N-methyl/N-ethyl adjacent to an activating group) is 1. The lowest BCUT2D eigenvalue weighted by molar-refractivity contribution is -0.866. The lowest BCUT2D eigenvalue weighted by atomic mass is 10.1. The zero-order valence-corrected chi connectivity index (χ0v) is 12.1. The molecule has 4 heteroatoms. The highest BCUT2D eigenvalue weighted by molar-refractivity contribution is 5.95. The van der Waals surface area contributed by atoms with Crippen LogP contribution in [0.15, 0.2) is 11.8 Å². The minimum absolute atomic E-state index is 0. The number of hydrogen-bond donors (Lipinski definition) is 0. The van der Waals surface area contributed by atoms with Crippen LogP contribution in [0, 0.1) is 0 Å². The Balaban J connectivity index is 0.00000196. The largest absolute Gasteiger partial charge is 1.00 e. The second-order valence-corrected chi connectivity index (χ2v) is 4.86. The van der Waals surface area contributed by atoms with E-state index in [2.05, 4.69) is 28.1 Å². The van der Waals surface area contributed by atoms with Crippen LogP contribution in [0.3, 0.4) is 0 Å². The zero-order valence-electron chi connectivity index (χ0n) is 9.92. The van der Waals surface area contributed by atoms with Crippen molar-refractivity contribution >= 4 is 5.78 Å². The van der Waals surface area contributed by atoms with Crippen LogP contribution in [-0.4, -0.2) is 44.1 Å². The summed E-state index contributed by atoms with van der Waals surface area (Å²) in [5, 5.41) is 0. The van der Waals surface area contributed by atoms with Crippen LogP contribution in [0.2, 0.25) is 0 Å². The Kier molecular flexibility index (Phi) is 5.80. The number of quaternary nitrogens is 1. The van der Waals surface area contributed by atoms with Crippen molar-refractivity contribution in [3.63, 3.8) is 0 Å². The Bertz CT molecular complexity index is 256. The smallest absolute Gasteiger partial charge is 0.199 e. The highest BCUT2D eigenvalue weighted by Gasteiger charge is 2.28. The van der Waals surface area contributed by atoms with Gasteiger partial charge in [-0.1, -0.05) is 13.3 Å². The van der Waals surface area contributed by atoms with Crippen LogP contribution in [-0.2, 0) is 9.53 Å².